The molecule has 3 heteroatoms. The summed E-state index contributed by atoms with van der Waals surface area (Å²) < 4.78 is 0. The molecular formula is C16H22ClNO. The van der Waals surface area contributed by atoms with E-state index in [1.54, 1.807) is 0 Å². The zero-order chi connectivity index (χ0) is 13.8. The number of aliphatic hydroxyl groups excluding tert-OH is 1. The number of hydrogen-bond acceptors (Lipinski definition) is 2. The lowest BCUT2D eigenvalue weighted by Crippen LogP contribution is -2.21. The quantitative estimate of drug-likeness (QED) is 0.817. The van der Waals surface area contributed by atoms with Gasteiger partial charge in [0.25, 0.3) is 0 Å². The molecule has 0 bridgehead atoms. The zero-order valence-corrected chi connectivity index (χ0v) is 12.4. The Balaban J connectivity index is 2.26. The number of benzene rings is 1. The molecule has 0 radical (unpaired) electrons. The van der Waals surface area contributed by atoms with Crippen LogP contribution in [0.3, 0.4) is 0 Å². The second kappa shape index (κ2) is 6.44. The minimum absolute atomic E-state index is 0.181. The van der Waals surface area contributed by atoms with Crippen LogP contribution in [-0.4, -0.2) is 17.3 Å². The molecule has 1 aliphatic rings. The molecular weight excluding hydrogens is 258 g/mol. The molecule has 0 unspecified atom stereocenters. The Morgan fingerprint density at radius 3 is 3.00 bits per heavy atom. The molecule has 19 heavy (non-hydrogen) atoms. The van der Waals surface area contributed by atoms with Crippen LogP contribution in [-0.2, 0) is 6.42 Å². The zero-order valence-electron chi connectivity index (χ0n) is 11.6. The van der Waals surface area contributed by atoms with Crippen LogP contribution in [0.4, 0.5) is 5.69 Å². The van der Waals surface area contributed by atoms with Gasteiger partial charge in [0.2, 0.25) is 0 Å². The van der Waals surface area contributed by atoms with Crippen molar-refractivity contribution >= 4 is 17.3 Å². The van der Waals surface area contributed by atoms with Gasteiger partial charge in [-0.05, 0) is 37.0 Å². The van der Waals surface area contributed by atoms with Crippen LogP contribution in [0.2, 0.25) is 5.02 Å². The fourth-order valence-corrected chi connectivity index (χ4v) is 2.70. The molecule has 2 rings (SSSR count). The summed E-state index contributed by atoms with van der Waals surface area (Å²) in [6.07, 6.45) is 7.72. The molecule has 2 atom stereocenters. The maximum atomic E-state index is 10.1. The summed E-state index contributed by atoms with van der Waals surface area (Å²) in [5, 5.41) is 14.4. The van der Waals surface area contributed by atoms with Crippen LogP contribution in [0.1, 0.15) is 37.3 Å². The average Bonchev–Trinajstić information content (AvgIpc) is 2.53. The number of aliphatic hydroxyl groups is 1. The number of fused-ring (bicyclic) bond motifs is 1. The molecule has 0 fully saturated rings. The van der Waals surface area contributed by atoms with E-state index >= 15 is 0 Å². The number of rotatable bonds is 3. The Morgan fingerprint density at radius 2 is 2.26 bits per heavy atom. The summed E-state index contributed by atoms with van der Waals surface area (Å²) >= 11 is 6.19. The highest BCUT2D eigenvalue weighted by Crippen LogP contribution is 2.32. The van der Waals surface area contributed by atoms with Crippen molar-refractivity contribution in [2.75, 3.05) is 5.32 Å². The second-order valence-corrected chi connectivity index (χ2v) is 5.68. The molecule has 1 aromatic rings. The summed E-state index contributed by atoms with van der Waals surface area (Å²) in [4.78, 5) is 0. The number of unbranched alkanes of at least 4 members (excludes halogenated alkanes) is 1. The van der Waals surface area contributed by atoms with Gasteiger partial charge in [-0.25, -0.2) is 0 Å². The lowest BCUT2D eigenvalue weighted by molar-refractivity contribution is 0.165. The van der Waals surface area contributed by atoms with E-state index in [0.717, 1.165) is 41.1 Å². The van der Waals surface area contributed by atoms with Crippen molar-refractivity contribution in [2.24, 2.45) is 0 Å². The molecule has 104 valence electrons. The van der Waals surface area contributed by atoms with Gasteiger partial charge in [0.15, 0.2) is 0 Å². The van der Waals surface area contributed by atoms with Gasteiger partial charge in [-0.15, -0.1) is 0 Å². The molecule has 1 aromatic carbocycles. The average molecular weight is 280 g/mol. The number of anilines is 1. The lowest BCUT2D eigenvalue weighted by Gasteiger charge is -2.17. The number of allylic oxidation sites excluding steroid dienone is 1. The second-order valence-electron chi connectivity index (χ2n) is 5.27. The predicted octanol–water partition coefficient (Wildman–Crippen LogP) is 4.09. The topological polar surface area (TPSA) is 32.3 Å². The minimum atomic E-state index is -0.300. The van der Waals surface area contributed by atoms with E-state index < -0.39 is 0 Å². The molecule has 1 aliphatic heterocycles. The molecule has 2 N–H and O–H groups in total. The maximum absolute atomic E-state index is 10.1. The van der Waals surface area contributed by atoms with Gasteiger partial charge in [0.1, 0.15) is 0 Å². The highest BCUT2D eigenvalue weighted by Gasteiger charge is 2.21. The molecule has 2 nitrogen and oxygen atoms in total. The van der Waals surface area contributed by atoms with Gasteiger partial charge in [0.05, 0.1) is 6.10 Å². The van der Waals surface area contributed by atoms with E-state index in [1.165, 1.54) is 0 Å². The van der Waals surface area contributed by atoms with Crippen LogP contribution in [0, 0.1) is 6.92 Å². The van der Waals surface area contributed by atoms with Crippen molar-refractivity contribution in [2.45, 2.75) is 51.7 Å². The highest BCUT2D eigenvalue weighted by atomic mass is 35.5. The van der Waals surface area contributed by atoms with Crippen molar-refractivity contribution in [3.63, 3.8) is 0 Å². The Morgan fingerprint density at radius 1 is 1.47 bits per heavy atom. The number of halogens is 1. The first-order valence-corrected chi connectivity index (χ1v) is 7.38. The van der Waals surface area contributed by atoms with Crippen molar-refractivity contribution in [1.29, 1.82) is 0 Å². The molecule has 1 heterocycles. The lowest BCUT2D eigenvalue weighted by atomic mass is 10.0. The predicted molar refractivity (Wildman–Crippen MR) is 82.0 cm³/mol. The summed E-state index contributed by atoms with van der Waals surface area (Å²) in [5.41, 5.74) is 3.32. The SMILES string of the molecule is CCC/C=C/[C@@H]1C[C@H](O)Cc2ccc(Cl)c(C)c2N1. The Hall–Kier alpha value is -0.990. The summed E-state index contributed by atoms with van der Waals surface area (Å²) in [7, 11) is 0. The largest absolute Gasteiger partial charge is 0.393 e. The molecule has 0 spiro atoms. The molecule has 0 amide bonds. The smallest absolute Gasteiger partial charge is 0.0604 e. The van der Waals surface area contributed by atoms with Gasteiger partial charge in [-0.1, -0.05) is 43.2 Å². The number of nitrogens with one attached hydrogen (secondary N) is 1. The van der Waals surface area contributed by atoms with Crippen LogP contribution in [0.15, 0.2) is 24.3 Å². The van der Waals surface area contributed by atoms with Gasteiger partial charge >= 0.3 is 0 Å². The van der Waals surface area contributed by atoms with Gasteiger partial charge in [-0.2, -0.15) is 0 Å². The Kier molecular flexibility index (Phi) is 4.89. The van der Waals surface area contributed by atoms with E-state index in [9.17, 15) is 5.11 Å². The third-order valence-corrected chi connectivity index (χ3v) is 4.03. The van der Waals surface area contributed by atoms with Crippen LogP contribution in [0.25, 0.3) is 0 Å². The van der Waals surface area contributed by atoms with E-state index in [4.69, 9.17) is 11.6 Å². The Labute approximate surface area is 120 Å². The minimum Gasteiger partial charge on any atom is -0.393 e. The van der Waals surface area contributed by atoms with Gasteiger partial charge in [0, 0.05) is 23.2 Å². The summed E-state index contributed by atoms with van der Waals surface area (Å²) in [6.45, 7) is 4.19. The van der Waals surface area contributed by atoms with Crippen LogP contribution < -0.4 is 5.32 Å². The first-order chi connectivity index (χ1) is 9.11. The standard InChI is InChI=1S/C16H22ClNO/c1-3-4-5-6-13-10-14(19)9-12-7-8-15(17)11(2)16(12)18-13/h5-8,13-14,18-19H,3-4,9-10H2,1-2H3/b6-5+/t13-,14-/m1/s1. The van der Waals surface area contributed by atoms with E-state index in [2.05, 4.69) is 24.4 Å². The van der Waals surface area contributed by atoms with E-state index in [0.29, 0.717) is 6.42 Å². The summed E-state index contributed by atoms with van der Waals surface area (Å²) in [6, 6.07) is 4.11. The monoisotopic (exact) mass is 279 g/mol. The van der Waals surface area contributed by atoms with Crippen molar-refractivity contribution in [3.05, 3.63) is 40.4 Å². The van der Waals surface area contributed by atoms with Crippen LogP contribution >= 0.6 is 11.6 Å². The van der Waals surface area contributed by atoms with E-state index in [1.807, 2.05) is 19.1 Å². The number of hydrogen-bond donors (Lipinski definition) is 2. The van der Waals surface area contributed by atoms with Gasteiger partial charge in [-0.3, -0.25) is 0 Å². The molecule has 0 aliphatic carbocycles. The van der Waals surface area contributed by atoms with Gasteiger partial charge < -0.3 is 10.4 Å². The fourth-order valence-electron chi connectivity index (χ4n) is 2.54. The highest BCUT2D eigenvalue weighted by molar-refractivity contribution is 6.31. The third kappa shape index (κ3) is 3.52. The molecule has 0 saturated carbocycles. The summed E-state index contributed by atoms with van der Waals surface area (Å²) in [5.74, 6) is 0. The Bertz CT molecular complexity index is 470. The first-order valence-electron chi connectivity index (χ1n) is 7.01. The normalized spacial score (nSPS) is 22.9. The van der Waals surface area contributed by atoms with Crippen LogP contribution in [0.5, 0.6) is 0 Å². The third-order valence-electron chi connectivity index (χ3n) is 3.62. The van der Waals surface area contributed by atoms with E-state index in [-0.39, 0.29) is 12.1 Å². The van der Waals surface area contributed by atoms with Crippen molar-refractivity contribution in [1.82, 2.24) is 0 Å². The first kappa shape index (κ1) is 14.4. The van der Waals surface area contributed by atoms with Crippen molar-refractivity contribution in [3.8, 4) is 0 Å². The van der Waals surface area contributed by atoms with Crippen molar-refractivity contribution < 1.29 is 5.11 Å². The fraction of sp³-hybridized carbons (Fsp3) is 0.500. The molecule has 0 saturated heterocycles. The maximum Gasteiger partial charge on any atom is 0.0604 e. The molecule has 0 aromatic heterocycles.